The maximum atomic E-state index is 12.6. The van der Waals surface area contributed by atoms with Gasteiger partial charge in [0.05, 0.1) is 23.1 Å². The maximum Gasteiger partial charge on any atom is 0.253 e. The molecule has 0 aliphatic heterocycles. The van der Waals surface area contributed by atoms with Crippen LogP contribution in [0.4, 0.5) is 17.2 Å². The number of nitriles is 1. The number of pyridine rings is 1. The molecule has 0 saturated carbocycles. The van der Waals surface area contributed by atoms with Crippen LogP contribution in [0.2, 0.25) is 0 Å². The van der Waals surface area contributed by atoms with E-state index in [9.17, 15) is 18.0 Å². The smallest absolute Gasteiger partial charge is 0.253 e. The van der Waals surface area contributed by atoms with Gasteiger partial charge in [0, 0.05) is 31.9 Å². The van der Waals surface area contributed by atoms with E-state index in [1.165, 1.54) is 25.1 Å². The van der Waals surface area contributed by atoms with E-state index in [1.54, 1.807) is 18.3 Å². The van der Waals surface area contributed by atoms with Crippen LogP contribution in [0.1, 0.15) is 22.8 Å². The SMILES string of the molecule is CC(=O)Nc1ccc(NS(C)(=O)=O)c(C(=O)NCCNc2ncccc2C#N)c1. The summed E-state index contributed by atoms with van der Waals surface area (Å²) in [6.07, 6.45) is 2.51. The van der Waals surface area contributed by atoms with Gasteiger partial charge in [0.1, 0.15) is 11.9 Å². The Hall–Kier alpha value is -3.65. The van der Waals surface area contributed by atoms with Crippen molar-refractivity contribution in [1.82, 2.24) is 10.3 Å². The molecule has 2 aromatic rings. The van der Waals surface area contributed by atoms with Gasteiger partial charge in [-0.25, -0.2) is 13.4 Å². The predicted octanol–water partition coefficient (Wildman–Crippen LogP) is 1.13. The van der Waals surface area contributed by atoms with Crippen LogP contribution in [0.25, 0.3) is 0 Å². The largest absolute Gasteiger partial charge is 0.367 e. The van der Waals surface area contributed by atoms with Crippen LogP contribution in [-0.2, 0) is 14.8 Å². The van der Waals surface area contributed by atoms with Crippen molar-refractivity contribution in [2.24, 2.45) is 0 Å². The number of benzene rings is 1. The van der Waals surface area contributed by atoms with Crippen LogP contribution in [0.15, 0.2) is 36.5 Å². The molecule has 0 unspecified atom stereocenters. The topological polar surface area (TPSA) is 153 Å². The van der Waals surface area contributed by atoms with Crippen LogP contribution in [0, 0.1) is 11.3 Å². The highest BCUT2D eigenvalue weighted by Gasteiger charge is 2.15. The summed E-state index contributed by atoms with van der Waals surface area (Å²) in [5, 5.41) is 17.2. The molecular weight excluding hydrogens is 396 g/mol. The molecule has 2 rings (SSSR count). The van der Waals surface area contributed by atoms with Gasteiger partial charge >= 0.3 is 0 Å². The number of carbonyl (C=O) groups excluding carboxylic acids is 2. The van der Waals surface area contributed by atoms with E-state index in [2.05, 4.69) is 25.7 Å². The lowest BCUT2D eigenvalue weighted by Gasteiger charge is -2.14. The Balaban J connectivity index is 2.09. The van der Waals surface area contributed by atoms with Gasteiger partial charge in [-0.3, -0.25) is 14.3 Å². The Bertz CT molecular complexity index is 1060. The first-order valence-corrected chi connectivity index (χ1v) is 10.4. The zero-order valence-corrected chi connectivity index (χ0v) is 16.6. The number of carbonyl (C=O) groups is 2. The Morgan fingerprint density at radius 3 is 2.62 bits per heavy atom. The third-order valence-electron chi connectivity index (χ3n) is 3.51. The van der Waals surface area contributed by atoms with E-state index in [-0.39, 0.29) is 30.2 Å². The zero-order chi connectivity index (χ0) is 21.4. The van der Waals surface area contributed by atoms with Crippen LogP contribution in [0.3, 0.4) is 0 Å². The van der Waals surface area contributed by atoms with Gasteiger partial charge in [-0.2, -0.15) is 5.26 Å². The Labute approximate surface area is 168 Å². The van der Waals surface area contributed by atoms with Gasteiger partial charge < -0.3 is 16.0 Å². The molecule has 2 amide bonds. The van der Waals surface area contributed by atoms with Crippen LogP contribution >= 0.6 is 0 Å². The van der Waals surface area contributed by atoms with E-state index < -0.39 is 15.9 Å². The zero-order valence-electron chi connectivity index (χ0n) is 15.8. The summed E-state index contributed by atoms with van der Waals surface area (Å²) in [5.41, 5.74) is 0.870. The van der Waals surface area contributed by atoms with Crippen LogP contribution < -0.4 is 20.7 Å². The number of nitrogens with zero attached hydrogens (tertiary/aromatic N) is 2. The van der Waals surface area contributed by atoms with Crippen molar-refractivity contribution in [3.63, 3.8) is 0 Å². The second kappa shape index (κ2) is 9.52. The first-order valence-electron chi connectivity index (χ1n) is 8.46. The van der Waals surface area contributed by atoms with Gasteiger partial charge in [0.2, 0.25) is 15.9 Å². The van der Waals surface area contributed by atoms with Gasteiger partial charge in [-0.05, 0) is 30.3 Å². The molecule has 1 aromatic heterocycles. The summed E-state index contributed by atoms with van der Waals surface area (Å²) in [6.45, 7) is 1.79. The number of amides is 2. The van der Waals surface area contributed by atoms with E-state index in [0.717, 1.165) is 6.26 Å². The average Bonchev–Trinajstić information content (AvgIpc) is 2.65. The highest BCUT2D eigenvalue weighted by molar-refractivity contribution is 7.92. The fourth-order valence-electron chi connectivity index (χ4n) is 2.39. The highest BCUT2D eigenvalue weighted by atomic mass is 32.2. The molecule has 0 aliphatic carbocycles. The van der Waals surface area contributed by atoms with Crippen LogP contribution in [-0.4, -0.2) is 44.6 Å². The Morgan fingerprint density at radius 2 is 1.97 bits per heavy atom. The number of hydrogen-bond acceptors (Lipinski definition) is 7. The van der Waals surface area contributed by atoms with Crippen molar-refractivity contribution < 1.29 is 18.0 Å². The molecule has 0 saturated heterocycles. The van der Waals surface area contributed by atoms with E-state index in [0.29, 0.717) is 17.1 Å². The normalized spacial score (nSPS) is 10.5. The minimum atomic E-state index is -3.61. The number of nitrogens with one attached hydrogen (secondary N) is 4. The first kappa shape index (κ1) is 21.6. The van der Waals surface area contributed by atoms with Crippen molar-refractivity contribution in [2.45, 2.75) is 6.92 Å². The minimum Gasteiger partial charge on any atom is -0.367 e. The first-order chi connectivity index (χ1) is 13.7. The quantitative estimate of drug-likeness (QED) is 0.470. The number of anilines is 3. The average molecular weight is 416 g/mol. The van der Waals surface area contributed by atoms with Crippen molar-refractivity contribution in [3.8, 4) is 6.07 Å². The predicted molar refractivity (Wildman–Crippen MR) is 109 cm³/mol. The van der Waals surface area contributed by atoms with Gasteiger partial charge in [0.25, 0.3) is 5.91 Å². The van der Waals surface area contributed by atoms with Gasteiger partial charge in [-0.1, -0.05) is 0 Å². The highest BCUT2D eigenvalue weighted by Crippen LogP contribution is 2.22. The Morgan fingerprint density at radius 1 is 1.21 bits per heavy atom. The molecule has 1 heterocycles. The summed E-state index contributed by atoms with van der Waals surface area (Å²) in [4.78, 5) is 27.9. The van der Waals surface area contributed by atoms with E-state index >= 15 is 0 Å². The lowest BCUT2D eigenvalue weighted by molar-refractivity contribution is -0.114. The molecule has 10 nitrogen and oxygen atoms in total. The fraction of sp³-hybridized carbons (Fsp3) is 0.222. The van der Waals surface area contributed by atoms with Crippen LogP contribution in [0.5, 0.6) is 0 Å². The second-order valence-electron chi connectivity index (χ2n) is 6.01. The molecule has 0 fully saturated rings. The third-order valence-corrected chi connectivity index (χ3v) is 4.10. The lowest BCUT2D eigenvalue weighted by atomic mass is 10.1. The Kier molecular flexibility index (Phi) is 7.10. The number of rotatable bonds is 8. The summed E-state index contributed by atoms with van der Waals surface area (Å²) in [5.74, 6) is -0.462. The molecule has 0 aliphatic rings. The molecule has 11 heteroatoms. The maximum absolute atomic E-state index is 12.6. The molecule has 152 valence electrons. The monoisotopic (exact) mass is 416 g/mol. The van der Waals surface area contributed by atoms with Crippen molar-refractivity contribution in [3.05, 3.63) is 47.7 Å². The van der Waals surface area contributed by atoms with E-state index in [1.807, 2.05) is 6.07 Å². The van der Waals surface area contributed by atoms with Gasteiger partial charge in [-0.15, -0.1) is 0 Å². The summed E-state index contributed by atoms with van der Waals surface area (Å²) >= 11 is 0. The van der Waals surface area contributed by atoms with E-state index in [4.69, 9.17) is 5.26 Å². The summed E-state index contributed by atoms with van der Waals surface area (Å²) < 4.78 is 25.4. The standard InChI is InChI=1S/C18H20N6O4S/c1-12(25)23-14-5-6-16(24-29(2,27)28)15(10-14)18(26)22-9-8-21-17-13(11-19)4-3-7-20-17/h3-7,10,24H,8-9H2,1-2H3,(H,20,21)(H,22,26)(H,23,25). The fourth-order valence-corrected chi connectivity index (χ4v) is 2.97. The van der Waals surface area contributed by atoms with Crippen molar-refractivity contribution >= 4 is 39.0 Å². The van der Waals surface area contributed by atoms with Crippen molar-refractivity contribution in [1.29, 1.82) is 5.26 Å². The lowest BCUT2D eigenvalue weighted by Crippen LogP contribution is -2.30. The summed E-state index contributed by atoms with van der Waals surface area (Å²) in [6, 6.07) is 9.53. The number of sulfonamides is 1. The molecule has 0 radical (unpaired) electrons. The molecule has 0 spiro atoms. The third kappa shape index (κ3) is 6.78. The van der Waals surface area contributed by atoms with Crippen molar-refractivity contribution in [2.75, 3.05) is 34.7 Å². The molecule has 29 heavy (non-hydrogen) atoms. The van der Waals surface area contributed by atoms with Gasteiger partial charge in [0.15, 0.2) is 0 Å². The number of hydrogen-bond donors (Lipinski definition) is 4. The molecule has 1 aromatic carbocycles. The summed E-state index contributed by atoms with van der Waals surface area (Å²) in [7, 11) is -3.61. The molecular formula is C18H20N6O4S. The molecule has 4 N–H and O–H groups in total. The minimum absolute atomic E-state index is 0.0530. The second-order valence-corrected chi connectivity index (χ2v) is 7.76. The molecule has 0 atom stereocenters. The molecule has 0 bridgehead atoms. The number of aromatic nitrogens is 1.